The van der Waals surface area contributed by atoms with Crippen molar-refractivity contribution in [2.24, 2.45) is 23.7 Å². The first-order chi connectivity index (χ1) is 11.6. The quantitative estimate of drug-likeness (QED) is 0.679. The number of Topliss-reactive ketones (excluding diaryl/α,β-unsaturated/α-hetero) is 1. The second kappa shape index (κ2) is 6.08. The van der Waals surface area contributed by atoms with Gasteiger partial charge in [0.1, 0.15) is 0 Å². The molecule has 2 unspecified atom stereocenters. The second-order valence-corrected chi connectivity index (χ2v) is 9.43. The predicted molar refractivity (Wildman–Crippen MR) is 102 cm³/mol. The molecule has 2 atom stereocenters. The van der Waals surface area contributed by atoms with E-state index in [1.807, 2.05) is 0 Å². The summed E-state index contributed by atoms with van der Waals surface area (Å²) in [4.78, 5) is 17.9. The van der Waals surface area contributed by atoms with Gasteiger partial charge in [0.2, 0.25) is 0 Å². The van der Waals surface area contributed by atoms with Gasteiger partial charge in [0, 0.05) is 22.6 Å². The van der Waals surface area contributed by atoms with Crippen molar-refractivity contribution in [3.8, 4) is 0 Å². The molecule has 4 saturated carbocycles. The lowest BCUT2D eigenvalue weighted by molar-refractivity contribution is -0.00735. The summed E-state index contributed by atoms with van der Waals surface area (Å²) in [6.45, 7) is 4.40. The van der Waals surface area contributed by atoms with Crippen LogP contribution < -0.4 is 0 Å². The Hall–Kier alpha value is -0.890. The van der Waals surface area contributed by atoms with Gasteiger partial charge in [-0.2, -0.15) is 0 Å². The highest BCUT2D eigenvalue weighted by Gasteiger charge is 2.52. The van der Waals surface area contributed by atoms with E-state index < -0.39 is 0 Å². The number of halogens is 1. The Morgan fingerprint density at radius 1 is 1.04 bits per heavy atom. The standard InChI is InChI=1S/C22H29NO.ClH/c1-3-17-6-13(2)20-18(21(17)24)4-5-19(23-20)22-10-14-7-15(11-22)9-16(8-14)12-22;/h4-5,13-17H,3,6-12H2,1-2H3;1H. The number of ketones is 1. The van der Waals surface area contributed by atoms with Gasteiger partial charge in [-0.3, -0.25) is 9.78 Å². The van der Waals surface area contributed by atoms with Crippen LogP contribution in [-0.4, -0.2) is 10.8 Å². The van der Waals surface area contributed by atoms with E-state index in [4.69, 9.17) is 4.98 Å². The average Bonchev–Trinajstić information content (AvgIpc) is 2.56. The van der Waals surface area contributed by atoms with Gasteiger partial charge in [-0.1, -0.05) is 13.8 Å². The summed E-state index contributed by atoms with van der Waals surface area (Å²) in [7, 11) is 0. The van der Waals surface area contributed by atoms with Gasteiger partial charge in [0.25, 0.3) is 0 Å². The highest BCUT2D eigenvalue weighted by Crippen LogP contribution is 2.60. The van der Waals surface area contributed by atoms with E-state index in [0.29, 0.717) is 17.1 Å². The summed E-state index contributed by atoms with van der Waals surface area (Å²) in [6.07, 6.45) is 10.4. The van der Waals surface area contributed by atoms with Crippen LogP contribution in [0.15, 0.2) is 12.1 Å². The number of fused-ring (bicyclic) bond motifs is 1. The molecular formula is C22H30ClNO. The Kier molecular flexibility index (Phi) is 4.26. The smallest absolute Gasteiger partial charge is 0.167 e. The van der Waals surface area contributed by atoms with Gasteiger partial charge in [-0.25, -0.2) is 0 Å². The van der Waals surface area contributed by atoms with E-state index in [1.54, 1.807) is 0 Å². The number of pyridine rings is 1. The molecule has 1 heterocycles. The molecule has 6 rings (SSSR count). The molecule has 0 radical (unpaired) electrons. The highest BCUT2D eigenvalue weighted by molar-refractivity contribution is 6.00. The van der Waals surface area contributed by atoms with Crippen molar-refractivity contribution in [2.45, 2.75) is 76.5 Å². The molecular weight excluding hydrogens is 330 g/mol. The summed E-state index contributed by atoms with van der Waals surface area (Å²) in [5, 5.41) is 0. The average molecular weight is 360 g/mol. The van der Waals surface area contributed by atoms with Crippen LogP contribution in [0.5, 0.6) is 0 Å². The van der Waals surface area contributed by atoms with Crippen LogP contribution >= 0.6 is 12.4 Å². The topological polar surface area (TPSA) is 30.0 Å². The summed E-state index contributed by atoms with van der Waals surface area (Å²) in [6, 6.07) is 4.37. The van der Waals surface area contributed by atoms with Crippen LogP contribution in [-0.2, 0) is 5.41 Å². The minimum absolute atomic E-state index is 0. The Morgan fingerprint density at radius 3 is 2.20 bits per heavy atom. The van der Waals surface area contributed by atoms with Crippen molar-refractivity contribution in [3.05, 3.63) is 29.1 Å². The van der Waals surface area contributed by atoms with E-state index >= 15 is 0 Å². The molecule has 4 bridgehead atoms. The first kappa shape index (κ1) is 17.5. The fourth-order valence-electron chi connectivity index (χ4n) is 7.00. The fraction of sp³-hybridized carbons (Fsp3) is 0.727. The van der Waals surface area contributed by atoms with Crippen molar-refractivity contribution in [1.82, 2.24) is 4.98 Å². The number of hydrogen-bond donors (Lipinski definition) is 0. The van der Waals surface area contributed by atoms with Crippen molar-refractivity contribution in [1.29, 1.82) is 0 Å². The summed E-state index contributed by atoms with van der Waals surface area (Å²) in [5.74, 6) is 3.80. The van der Waals surface area contributed by atoms with Crippen LogP contribution in [0, 0.1) is 23.7 Å². The minimum Gasteiger partial charge on any atom is -0.294 e. The van der Waals surface area contributed by atoms with Crippen molar-refractivity contribution < 1.29 is 4.79 Å². The van der Waals surface area contributed by atoms with E-state index in [-0.39, 0.29) is 18.3 Å². The maximum Gasteiger partial charge on any atom is 0.167 e. The lowest BCUT2D eigenvalue weighted by Crippen LogP contribution is -2.49. The fourth-order valence-corrected chi connectivity index (χ4v) is 7.00. The molecule has 4 fully saturated rings. The molecule has 0 saturated heterocycles. The van der Waals surface area contributed by atoms with Gasteiger partial charge in [0.15, 0.2) is 5.78 Å². The van der Waals surface area contributed by atoms with Crippen molar-refractivity contribution in [3.63, 3.8) is 0 Å². The molecule has 5 aliphatic rings. The Labute approximate surface area is 157 Å². The molecule has 0 spiro atoms. The van der Waals surface area contributed by atoms with Crippen LogP contribution in [0.1, 0.15) is 92.9 Å². The first-order valence-electron chi connectivity index (χ1n) is 10.1. The highest BCUT2D eigenvalue weighted by atomic mass is 35.5. The summed E-state index contributed by atoms with van der Waals surface area (Å²) in [5.41, 5.74) is 3.70. The molecule has 1 aromatic rings. The molecule has 1 aromatic heterocycles. The molecule has 0 N–H and O–H groups in total. The molecule has 0 aliphatic heterocycles. The number of aromatic nitrogens is 1. The summed E-state index contributed by atoms with van der Waals surface area (Å²) < 4.78 is 0. The molecule has 3 heteroatoms. The zero-order valence-corrected chi connectivity index (χ0v) is 16.3. The Morgan fingerprint density at radius 2 is 1.64 bits per heavy atom. The molecule has 25 heavy (non-hydrogen) atoms. The number of carbonyl (C=O) groups is 1. The van der Waals surface area contributed by atoms with Crippen molar-refractivity contribution >= 4 is 18.2 Å². The van der Waals surface area contributed by atoms with Gasteiger partial charge in [0.05, 0.1) is 5.69 Å². The molecule has 0 aromatic carbocycles. The maximum atomic E-state index is 12.7. The van der Waals surface area contributed by atoms with Gasteiger partial charge < -0.3 is 0 Å². The number of nitrogens with zero attached hydrogens (tertiary/aromatic N) is 1. The lowest BCUT2D eigenvalue weighted by atomic mass is 9.48. The third kappa shape index (κ3) is 2.59. The van der Waals surface area contributed by atoms with Crippen LogP contribution in [0.2, 0.25) is 0 Å². The maximum absolute atomic E-state index is 12.7. The van der Waals surface area contributed by atoms with E-state index in [2.05, 4.69) is 26.0 Å². The molecule has 5 aliphatic carbocycles. The number of hydrogen-bond acceptors (Lipinski definition) is 2. The van der Waals surface area contributed by atoms with E-state index in [1.165, 1.54) is 44.2 Å². The van der Waals surface area contributed by atoms with Crippen LogP contribution in [0.25, 0.3) is 0 Å². The first-order valence-corrected chi connectivity index (χ1v) is 10.1. The zero-order chi connectivity index (χ0) is 16.5. The normalized spacial score (nSPS) is 41.4. The summed E-state index contributed by atoms with van der Waals surface area (Å²) >= 11 is 0. The van der Waals surface area contributed by atoms with Crippen LogP contribution in [0.3, 0.4) is 0 Å². The minimum atomic E-state index is 0. The van der Waals surface area contributed by atoms with Crippen molar-refractivity contribution in [2.75, 3.05) is 0 Å². The molecule has 0 amide bonds. The van der Waals surface area contributed by atoms with Gasteiger partial charge in [-0.15, -0.1) is 12.4 Å². The Bertz CT molecular complexity index is 662. The molecule has 136 valence electrons. The van der Waals surface area contributed by atoms with Gasteiger partial charge >= 0.3 is 0 Å². The SMILES string of the molecule is CCC1CC(C)c2nc(C34CC5CC(CC(C5)C3)C4)ccc2C1=O.Cl. The van der Waals surface area contributed by atoms with Gasteiger partial charge in [-0.05, 0) is 87.2 Å². The largest absolute Gasteiger partial charge is 0.294 e. The number of carbonyl (C=O) groups excluding carboxylic acids is 1. The third-order valence-corrected chi connectivity index (χ3v) is 7.74. The lowest BCUT2D eigenvalue weighted by Gasteiger charge is -2.56. The zero-order valence-electron chi connectivity index (χ0n) is 15.5. The monoisotopic (exact) mass is 359 g/mol. The Balaban J connectivity index is 0.00000157. The molecule has 2 nitrogen and oxygen atoms in total. The van der Waals surface area contributed by atoms with E-state index in [9.17, 15) is 4.79 Å². The third-order valence-electron chi connectivity index (χ3n) is 7.74. The predicted octanol–water partition coefficient (Wildman–Crippen LogP) is 5.69. The van der Waals surface area contributed by atoms with E-state index in [0.717, 1.165) is 41.9 Å². The second-order valence-electron chi connectivity index (χ2n) is 9.43. The van der Waals surface area contributed by atoms with Crippen LogP contribution in [0.4, 0.5) is 0 Å². The number of rotatable bonds is 2.